The SMILES string of the molecule is CCCCOc1ccc(/C=C2\SC(=NS(=O)(=O)c3cccs3)N(CC)C2=O)cc1OC. The van der Waals surface area contributed by atoms with Crippen LogP contribution in [0.2, 0.25) is 0 Å². The number of ether oxygens (including phenoxy) is 2. The molecular weight excluding hydrogens is 456 g/mol. The number of thioether (sulfide) groups is 1. The van der Waals surface area contributed by atoms with Gasteiger partial charge in [-0.2, -0.15) is 8.42 Å². The molecule has 1 amide bonds. The van der Waals surface area contributed by atoms with Gasteiger partial charge in [0.05, 0.1) is 18.6 Å². The Morgan fingerprint density at radius 3 is 2.65 bits per heavy atom. The number of carbonyl (C=O) groups excluding carboxylic acids is 1. The molecule has 1 aromatic heterocycles. The third-order valence-corrected chi connectivity index (χ3v) is 8.15. The van der Waals surface area contributed by atoms with Crippen LogP contribution < -0.4 is 9.47 Å². The highest BCUT2D eigenvalue weighted by molar-refractivity contribution is 8.19. The zero-order valence-corrected chi connectivity index (χ0v) is 20.0. The molecule has 10 heteroatoms. The quantitative estimate of drug-likeness (QED) is 0.385. The van der Waals surface area contributed by atoms with Crippen LogP contribution >= 0.6 is 23.1 Å². The Hall–Kier alpha value is -2.30. The van der Waals surface area contributed by atoms with Crippen molar-refractivity contribution in [3.8, 4) is 11.5 Å². The van der Waals surface area contributed by atoms with E-state index in [0.717, 1.165) is 41.5 Å². The Morgan fingerprint density at radius 1 is 1.19 bits per heavy atom. The monoisotopic (exact) mass is 480 g/mol. The topological polar surface area (TPSA) is 85.3 Å². The van der Waals surface area contributed by atoms with E-state index in [1.165, 1.54) is 11.0 Å². The van der Waals surface area contributed by atoms with Gasteiger partial charge in [0.25, 0.3) is 15.9 Å². The van der Waals surface area contributed by atoms with E-state index >= 15 is 0 Å². The highest BCUT2D eigenvalue weighted by Gasteiger charge is 2.34. The van der Waals surface area contributed by atoms with E-state index in [2.05, 4.69) is 11.3 Å². The molecule has 0 aliphatic carbocycles. The second kappa shape index (κ2) is 10.3. The maximum Gasteiger partial charge on any atom is 0.294 e. The van der Waals surface area contributed by atoms with Crippen molar-refractivity contribution in [1.29, 1.82) is 0 Å². The fourth-order valence-corrected chi connectivity index (χ4v) is 6.00. The molecule has 0 N–H and O–H groups in total. The number of carbonyl (C=O) groups is 1. The Kier molecular flexibility index (Phi) is 7.79. The van der Waals surface area contributed by atoms with E-state index in [4.69, 9.17) is 9.47 Å². The van der Waals surface area contributed by atoms with Gasteiger partial charge >= 0.3 is 0 Å². The molecule has 166 valence electrons. The summed E-state index contributed by atoms with van der Waals surface area (Å²) in [4.78, 5) is 14.6. The van der Waals surface area contributed by atoms with Crippen LogP contribution in [-0.2, 0) is 14.8 Å². The van der Waals surface area contributed by atoms with Crippen molar-refractivity contribution < 1.29 is 22.7 Å². The number of nitrogens with zero attached hydrogens (tertiary/aromatic N) is 2. The van der Waals surface area contributed by atoms with Gasteiger partial charge in [-0.05, 0) is 60.3 Å². The summed E-state index contributed by atoms with van der Waals surface area (Å²) in [5, 5.41) is 1.82. The van der Waals surface area contributed by atoms with Gasteiger partial charge in [-0.1, -0.05) is 25.5 Å². The predicted molar refractivity (Wildman–Crippen MR) is 125 cm³/mol. The number of unbranched alkanes of at least 4 members (excludes halogenated alkanes) is 1. The van der Waals surface area contributed by atoms with Crippen molar-refractivity contribution >= 4 is 50.3 Å². The molecule has 0 atom stereocenters. The van der Waals surface area contributed by atoms with Gasteiger partial charge in [0.15, 0.2) is 16.7 Å². The van der Waals surface area contributed by atoms with Crippen LogP contribution in [0, 0.1) is 0 Å². The van der Waals surface area contributed by atoms with Crippen LogP contribution in [0.4, 0.5) is 0 Å². The van der Waals surface area contributed by atoms with Crippen LogP contribution in [0.1, 0.15) is 32.3 Å². The van der Waals surface area contributed by atoms with Gasteiger partial charge < -0.3 is 9.47 Å². The molecule has 0 spiro atoms. The number of hydrogen-bond acceptors (Lipinski definition) is 7. The number of sulfonamides is 1. The third kappa shape index (κ3) is 5.50. The highest BCUT2D eigenvalue weighted by Crippen LogP contribution is 2.35. The number of hydrogen-bond donors (Lipinski definition) is 0. The minimum Gasteiger partial charge on any atom is -0.493 e. The molecule has 2 aromatic rings. The fourth-order valence-electron chi connectivity index (χ4n) is 2.78. The molecule has 31 heavy (non-hydrogen) atoms. The summed E-state index contributed by atoms with van der Waals surface area (Å²) in [5.74, 6) is 0.931. The first-order valence-electron chi connectivity index (χ1n) is 9.80. The van der Waals surface area contributed by atoms with Crippen molar-refractivity contribution in [3.05, 3.63) is 46.2 Å². The minimum absolute atomic E-state index is 0.143. The molecule has 1 saturated heterocycles. The molecule has 7 nitrogen and oxygen atoms in total. The first kappa shape index (κ1) is 23.4. The van der Waals surface area contributed by atoms with E-state index in [1.54, 1.807) is 43.7 Å². The van der Waals surface area contributed by atoms with Crippen molar-refractivity contribution in [2.75, 3.05) is 20.3 Å². The van der Waals surface area contributed by atoms with Gasteiger partial charge in [0.1, 0.15) is 4.21 Å². The molecule has 3 rings (SSSR count). The smallest absolute Gasteiger partial charge is 0.294 e. The Labute approximate surface area is 190 Å². The van der Waals surface area contributed by atoms with Gasteiger partial charge in [0, 0.05) is 6.54 Å². The fraction of sp³-hybridized carbons (Fsp3) is 0.333. The summed E-state index contributed by atoms with van der Waals surface area (Å²) >= 11 is 2.14. The second-order valence-electron chi connectivity index (χ2n) is 6.55. The maximum absolute atomic E-state index is 12.8. The van der Waals surface area contributed by atoms with E-state index < -0.39 is 10.0 Å². The van der Waals surface area contributed by atoms with Gasteiger partial charge in [0.2, 0.25) is 0 Å². The van der Waals surface area contributed by atoms with Gasteiger partial charge in [-0.3, -0.25) is 9.69 Å². The lowest BCUT2D eigenvalue weighted by molar-refractivity contribution is -0.122. The molecule has 0 bridgehead atoms. The first-order valence-corrected chi connectivity index (χ1v) is 12.9. The lowest BCUT2D eigenvalue weighted by Crippen LogP contribution is -2.29. The van der Waals surface area contributed by atoms with Crippen LogP contribution in [-0.4, -0.2) is 44.7 Å². The number of thiophene rings is 1. The van der Waals surface area contributed by atoms with E-state index in [0.29, 0.717) is 29.6 Å². The van der Waals surface area contributed by atoms with Crippen molar-refractivity contribution in [3.63, 3.8) is 0 Å². The van der Waals surface area contributed by atoms with Crippen LogP contribution in [0.3, 0.4) is 0 Å². The average molecular weight is 481 g/mol. The Morgan fingerprint density at radius 2 is 2.00 bits per heavy atom. The molecule has 1 aliphatic heterocycles. The normalized spacial score (nSPS) is 17.0. The van der Waals surface area contributed by atoms with Crippen molar-refractivity contribution in [2.45, 2.75) is 30.9 Å². The molecule has 1 fully saturated rings. The minimum atomic E-state index is -3.86. The summed E-state index contributed by atoms with van der Waals surface area (Å²) < 4.78 is 40.3. The van der Waals surface area contributed by atoms with Crippen LogP contribution in [0.25, 0.3) is 6.08 Å². The first-order chi connectivity index (χ1) is 14.9. The standard InChI is InChI=1S/C21H24N2O5S3/c1-4-6-11-28-16-10-9-15(13-17(16)27-3)14-18-20(24)23(5-2)21(30-18)22-31(25,26)19-8-7-12-29-19/h7-10,12-14H,4-6,11H2,1-3H3/b18-14-,22-21?. The molecule has 2 heterocycles. The number of amidine groups is 1. The zero-order chi connectivity index (χ0) is 22.4. The average Bonchev–Trinajstić information content (AvgIpc) is 3.38. The molecule has 0 unspecified atom stereocenters. The number of likely N-dealkylation sites (N-methyl/N-ethyl adjacent to an activating group) is 1. The molecule has 0 saturated carbocycles. The van der Waals surface area contributed by atoms with Crippen LogP contribution in [0.5, 0.6) is 11.5 Å². The summed E-state index contributed by atoms with van der Waals surface area (Å²) in [7, 11) is -2.30. The molecule has 1 aromatic carbocycles. The van der Waals surface area contributed by atoms with Gasteiger partial charge in [-0.15, -0.1) is 15.7 Å². The second-order valence-corrected chi connectivity index (χ2v) is 10.3. The largest absolute Gasteiger partial charge is 0.493 e. The molecule has 1 aliphatic rings. The number of methoxy groups -OCH3 is 1. The maximum atomic E-state index is 12.8. The summed E-state index contributed by atoms with van der Waals surface area (Å²) in [6.45, 7) is 4.79. The number of amides is 1. The van der Waals surface area contributed by atoms with Crippen LogP contribution in [0.15, 0.2) is 49.2 Å². The lowest BCUT2D eigenvalue weighted by Gasteiger charge is -2.12. The summed E-state index contributed by atoms with van der Waals surface area (Å²) in [6.07, 6.45) is 3.68. The van der Waals surface area contributed by atoms with E-state index in [9.17, 15) is 13.2 Å². The highest BCUT2D eigenvalue weighted by atomic mass is 32.2. The Balaban J connectivity index is 1.88. The van der Waals surface area contributed by atoms with Gasteiger partial charge in [-0.25, -0.2) is 0 Å². The third-order valence-electron chi connectivity index (χ3n) is 4.39. The Bertz CT molecular complexity index is 1090. The molecular formula is C21H24N2O5S3. The van der Waals surface area contributed by atoms with Crippen molar-refractivity contribution in [2.24, 2.45) is 4.40 Å². The van der Waals surface area contributed by atoms with Crippen molar-refractivity contribution in [1.82, 2.24) is 4.90 Å². The number of benzene rings is 1. The molecule has 0 radical (unpaired) electrons. The lowest BCUT2D eigenvalue weighted by atomic mass is 10.2. The number of rotatable bonds is 9. The summed E-state index contributed by atoms with van der Waals surface area (Å²) in [5.41, 5.74) is 0.744. The summed E-state index contributed by atoms with van der Waals surface area (Å²) in [6, 6.07) is 8.57. The van der Waals surface area contributed by atoms with E-state index in [-0.39, 0.29) is 15.3 Å². The zero-order valence-electron chi connectivity index (χ0n) is 17.5. The predicted octanol–water partition coefficient (Wildman–Crippen LogP) is 4.62. The van der Waals surface area contributed by atoms with E-state index in [1.807, 2.05) is 6.07 Å².